The maximum atomic E-state index is 5.22. The Morgan fingerprint density at radius 3 is 2.96 bits per heavy atom. The van der Waals surface area contributed by atoms with Gasteiger partial charge in [0.05, 0.1) is 18.4 Å². The Balaban J connectivity index is 1.58. The highest BCUT2D eigenvalue weighted by molar-refractivity contribution is 9.10. The molecule has 3 aromatic rings. The molecule has 3 rings (SSSR count). The second-order valence-electron chi connectivity index (χ2n) is 4.57. The molecule has 0 saturated carbocycles. The number of anilines is 1. The zero-order valence-corrected chi connectivity index (χ0v) is 14.3. The molecule has 0 atom stereocenters. The summed E-state index contributed by atoms with van der Waals surface area (Å²) in [5, 5.41) is 10.5. The molecule has 8 heteroatoms. The van der Waals surface area contributed by atoms with Gasteiger partial charge in [0.25, 0.3) is 0 Å². The monoisotopic (exact) mass is 389 g/mol. The molecule has 0 aliphatic heterocycles. The lowest BCUT2D eigenvalue weighted by molar-refractivity contribution is 0.376. The van der Waals surface area contributed by atoms with Gasteiger partial charge < -0.3 is 15.2 Å². The number of aromatic nitrogens is 3. The Labute approximate surface area is 146 Å². The summed E-state index contributed by atoms with van der Waals surface area (Å²) in [6.07, 6.45) is 3.38. The molecule has 0 bridgehead atoms. The number of thiocarbonyl (C=S) groups is 1. The van der Waals surface area contributed by atoms with E-state index in [-0.39, 0.29) is 0 Å². The minimum absolute atomic E-state index is 0.340. The van der Waals surface area contributed by atoms with Crippen molar-refractivity contribution in [2.45, 2.75) is 6.54 Å². The average Bonchev–Trinajstić information content (AvgIpc) is 3.03. The number of hydrogen-bond donors (Lipinski definition) is 2. The van der Waals surface area contributed by atoms with Crippen LogP contribution in [0.15, 0.2) is 57.8 Å². The van der Waals surface area contributed by atoms with E-state index in [1.54, 1.807) is 12.4 Å². The average molecular weight is 390 g/mol. The number of halogens is 1. The molecular formula is C15H12BrN5OS. The van der Waals surface area contributed by atoms with Gasteiger partial charge in [0.2, 0.25) is 11.7 Å². The molecule has 0 fully saturated rings. The van der Waals surface area contributed by atoms with Gasteiger partial charge in [-0.15, -0.1) is 0 Å². The highest BCUT2D eigenvalue weighted by Crippen LogP contribution is 2.20. The van der Waals surface area contributed by atoms with Gasteiger partial charge in [-0.05, 0) is 36.5 Å². The van der Waals surface area contributed by atoms with Crippen molar-refractivity contribution in [2.24, 2.45) is 0 Å². The fourth-order valence-electron chi connectivity index (χ4n) is 1.84. The molecule has 0 aliphatic carbocycles. The fraction of sp³-hybridized carbons (Fsp3) is 0.0667. The number of rotatable bonds is 4. The topological polar surface area (TPSA) is 75.9 Å². The second kappa shape index (κ2) is 7.30. The maximum absolute atomic E-state index is 5.22. The van der Waals surface area contributed by atoms with Crippen molar-refractivity contribution in [3.05, 3.63) is 59.2 Å². The normalized spacial score (nSPS) is 10.3. The molecule has 2 heterocycles. The molecule has 116 valence electrons. The zero-order valence-electron chi connectivity index (χ0n) is 11.9. The summed E-state index contributed by atoms with van der Waals surface area (Å²) in [5.41, 5.74) is 1.69. The van der Waals surface area contributed by atoms with Gasteiger partial charge in [-0.25, -0.2) is 0 Å². The highest BCUT2D eigenvalue weighted by Gasteiger charge is 2.09. The third-order valence-electron chi connectivity index (χ3n) is 2.87. The van der Waals surface area contributed by atoms with Gasteiger partial charge in [0.15, 0.2) is 5.11 Å². The van der Waals surface area contributed by atoms with E-state index in [1.807, 2.05) is 36.4 Å². The van der Waals surface area contributed by atoms with Crippen LogP contribution in [0.2, 0.25) is 0 Å². The van der Waals surface area contributed by atoms with Gasteiger partial charge in [0.1, 0.15) is 0 Å². The molecule has 23 heavy (non-hydrogen) atoms. The first-order valence-corrected chi connectivity index (χ1v) is 7.94. The first kappa shape index (κ1) is 15.6. The van der Waals surface area contributed by atoms with Crippen LogP contribution >= 0.6 is 28.1 Å². The Morgan fingerprint density at radius 1 is 1.26 bits per heavy atom. The Morgan fingerprint density at radius 2 is 2.17 bits per heavy atom. The van der Waals surface area contributed by atoms with E-state index in [1.165, 1.54) is 0 Å². The molecule has 2 N–H and O–H groups in total. The van der Waals surface area contributed by atoms with Gasteiger partial charge in [-0.1, -0.05) is 33.2 Å². The van der Waals surface area contributed by atoms with Crippen LogP contribution in [-0.4, -0.2) is 20.2 Å². The molecule has 0 unspecified atom stereocenters. The van der Waals surface area contributed by atoms with Crippen molar-refractivity contribution in [3.8, 4) is 11.4 Å². The van der Waals surface area contributed by atoms with Gasteiger partial charge in [-0.2, -0.15) is 4.98 Å². The van der Waals surface area contributed by atoms with Crippen molar-refractivity contribution < 1.29 is 4.52 Å². The first-order chi connectivity index (χ1) is 11.2. The van der Waals surface area contributed by atoms with Gasteiger partial charge in [-0.3, -0.25) is 4.98 Å². The van der Waals surface area contributed by atoms with E-state index in [2.05, 4.69) is 41.7 Å². The van der Waals surface area contributed by atoms with Crippen molar-refractivity contribution >= 4 is 38.9 Å². The molecule has 6 nitrogen and oxygen atoms in total. The summed E-state index contributed by atoms with van der Waals surface area (Å²) in [6, 6.07) is 11.4. The Hall–Kier alpha value is -2.32. The molecule has 0 radical (unpaired) electrons. The summed E-state index contributed by atoms with van der Waals surface area (Å²) in [5.74, 6) is 0.990. The van der Waals surface area contributed by atoms with E-state index in [9.17, 15) is 0 Å². The number of nitrogens with zero attached hydrogens (tertiary/aromatic N) is 3. The summed E-state index contributed by atoms with van der Waals surface area (Å²) in [4.78, 5) is 8.35. The first-order valence-electron chi connectivity index (χ1n) is 6.74. The summed E-state index contributed by atoms with van der Waals surface area (Å²) >= 11 is 8.63. The van der Waals surface area contributed by atoms with Gasteiger partial charge in [0, 0.05) is 16.2 Å². The van der Waals surface area contributed by atoms with Crippen LogP contribution < -0.4 is 10.6 Å². The fourth-order valence-corrected chi connectivity index (χ4v) is 2.43. The molecule has 0 saturated heterocycles. The van der Waals surface area contributed by atoms with E-state index in [0.29, 0.717) is 23.4 Å². The lowest BCUT2D eigenvalue weighted by atomic mass is 10.2. The number of benzene rings is 1. The highest BCUT2D eigenvalue weighted by atomic mass is 79.9. The number of hydrogen-bond acceptors (Lipinski definition) is 5. The number of nitrogens with one attached hydrogen (secondary N) is 2. The van der Waals surface area contributed by atoms with E-state index in [0.717, 1.165) is 15.7 Å². The maximum Gasteiger partial charge on any atom is 0.246 e. The minimum atomic E-state index is 0.340. The molecule has 2 aromatic heterocycles. The van der Waals surface area contributed by atoms with Gasteiger partial charge >= 0.3 is 0 Å². The van der Waals surface area contributed by atoms with E-state index >= 15 is 0 Å². The lowest BCUT2D eigenvalue weighted by Gasteiger charge is -2.07. The molecule has 1 aromatic carbocycles. The predicted octanol–water partition coefficient (Wildman–Crippen LogP) is 3.38. The second-order valence-corrected chi connectivity index (χ2v) is 5.90. The summed E-state index contributed by atoms with van der Waals surface area (Å²) in [7, 11) is 0. The largest absolute Gasteiger partial charge is 0.353 e. The quantitative estimate of drug-likeness (QED) is 0.662. The molecule has 0 aliphatic rings. The predicted molar refractivity (Wildman–Crippen MR) is 94.7 cm³/mol. The van der Waals surface area contributed by atoms with E-state index in [4.69, 9.17) is 16.7 Å². The smallest absolute Gasteiger partial charge is 0.246 e. The van der Waals surface area contributed by atoms with Crippen LogP contribution in [0.3, 0.4) is 0 Å². The van der Waals surface area contributed by atoms with Crippen LogP contribution in [-0.2, 0) is 6.54 Å². The lowest BCUT2D eigenvalue weighted by Crippen LogP contribution is -2.28. The molecule has 0 amide bonds. The minimum Gasteiger partial charge on any atom is -0.353 e. The van der Waals surface area contributed by atoms with Crippen molar-refractivity contribution in [3.63, 3.8) is 0 Å². The van der Waals surface area contributed by atoms with Crippen LogP contribution in [0.1, 0.15) is 5.89 Å². The SMILES string of the molecule is S=C(NCc1nc(-c2cccc(Br)c2)no1)Nc1cccnc1. The Kier molecular flexibility index (Phi) is 4.94. The van der Waals surface area contributed by atoms with Crippen molar-refractivity contribution in [1.82, 2.24) is 20.4 Å². The third-order valence-corrected chi connectivity index (χ3v) is 3.61. The molecule has 0 spiro atoms. The van der Waals surface area contributed by atoms with Crippen LogP contribution in [0.4, 0.5) is 5.69 Å². The summed E-state index contributed by atoms with van der Waals surface area (Å²) in [6.45, 7) is 0.340. The standard InChI is InChI=1S/C15H12BrN5OS/c16-11-4-1-3-10(7-11)14-20-13(22-21-14)9-18-15(23)19-12-5-2-6-17-8-12/h1-8H,9H2,(H2,18,19,23). The van der Waals surface area contributed by atoms with Crippen LogP contribution in [0, 0.1) is 0 Å². The summed E-state index contributed by atoms with van der Waals surface area (Å²) < 4.78 is 6.18. The van der Waals surface area contributed by atoms with Crippen LogP contribution in [0.25, 0.3) is 11.4 Å². The van der Waals surface area contributed by atoms with Crippen molar-refractivity contribution in [2.75, 3.05) is 5.32 Å². The third kappa shape index (κ3) is 4.33. The Bertz CT molecular complexity index is 808. The van der Waals surface area contributed by atoms with Crippen molar-refractivity contribution in [1.29, 1.82) is 0 Å². The zero-order chi connectivity index (χ0) is 16.1. The molecular weight excluding hydrogens is 378 g/mol. The van der Waals surface area contributed by atoms with E-state index < -0.39 is 0 Å². The van der Waals surface area contributed by atoms with Crippen LogP contribution in [0.5, 0.6) is 0 Å². The number of pyridine rings is 1.